The average molecular weight is 219 g/mol. The van der Waals surface area contributed by atoms with Gasteiger partial charge in [0.2, 0.25) is 0 Å². The van der Waals surface area contributed by atoms with Gasteiger partial charge in [-0.1, -0.05) is 19.1 Å². The summed E-state index contributed by atoms with van der Waals surface area (Å²) in [4.78, 5) is 0. The molecule has 2 rings (SSSR count). The van der Waals surface area contributed by atoms with Gasteiger partial charge in [0.05, 0.1) is 6.10 Å². The minimum absolute atomic E-state index is 0.247. The second-order valence-corrected chi connectivity index (χ2v) is 5.01. The zero-order valence-corrected chi connectivity index (χ0v) is 10.4. The van der Waals surface area contributed by atoms with Gasteiger partial charge in [-0.15, -0.1) is 0 Å². The van der Waals surface area contributed by atoms with Crippen molar-refractivity contribution in [2.45, 2.75) is 45.9 Å². The number of nitrogens with one attached hydrogen (secondary N) is 1. The van der Waals surface area contributed by atoms with Crippen LogP contribution in [0, 0.1) is 5.92 Å². The van der Waals surface area contributed by atoms with Crippen LogP contribution in [-0.4, -0.2) is 12.1 Å². The van der Waals surface area contributed by atoms with Crippen molar-refractivity contribution >= 4 is 0 Å². The van der Waals surface area contributed by atoms with Crippen molar-refractivity contribution in [1.29, 1.82) is 0 Å². The highest BCUT2D eigenvalue weighted by Gasteiger charge is 2.31. The van der Waals surface area contributed by atoms with Gasteiger partial charge in [0.1, 0.15) is 5.75 Å². The lowest BCUT2D eigenvalue weighted by atomic mass is 10.2. The topological polar surface area (TPSA) is 21.3 Å². The van der Waals surface area contributed by atoms with Gasteiger partial charge in [0.15, 0.2) is 0 Å². The Bertz CT molecular complexity index is 331. The van der Waals surface area contributed by atoms with Gasteiger partial charge in [0.25, 0.3) is 0 Å². The van der Waals surface area contributed by atoms with Crippen molar-refractivity contribution in [3.8, 4) is 5.75 Å². The van der Waals surface area contributed by atoms with Crippen molar-refractivity contribution < 1.29 is 4.74 Å². The smallest absolute Gasteiger partial charge is 0.119 e. The van der Waals surface area contributed by atoms with Crippen LogP contribution < -0.4 is 10.1 Å². The standard InChI is InChI=1S/C14H21NO/c1-10(2)16-13-6-4-12(5-7-13)9-15-14-8-11(14)3/h4-7,10-11,14-15H,8-9H2,1-3H3. The first-order valence-corrected chi connectivity index (χ1v) is 6.14. The van der Waals surface area contributed by atoms with Crippen LogP contribution in [0.15, 0.2) is 24.3 Å². The second-order valence-electron chi connectivity index (χ2n) is 5.01. The SMILES string of the molecule is CC(C)Oc1ccc(CNC2CC2C)cc1. The predicted octanol–water partition coefficient (Wildman–Crippen LogP) is 2.97. The Morgan fingerprint density at radius 3 is 2.44 bits per heavy atom. The number of hydrogen-bond donors (Lipinski definition) is 1. The van der Waals surface area contributed by atoms with Crippen LogP contribution in [-0.2, 0) is 6.54 Å². The zero-order chi connectivity index (χ0) is 11.5. The summed E-state index contributed by atoms with van der Waals surface area (Å²) in [5.74, 6) is 1.82. The maximum atomic E-state index is 5.60. The molecule has 2 heteroatoms. The molecule has 0 heterocycles. The van der Waals surface area contributed by atoms with Crippen molar-refractivity contribution in [2.75, 3.05) is 0 Å². The van der Waals surface area contributed by atoms with Crippen molar-refractivity contribution in [1.82, 2.24) is 5.32 Å². The lowest BCUT2D eigenvalue weighted by molar-refractivity contribution is 0.242. The van der Waals surface area contributed by atoms with Crippen LogP contribution in [0.25, 0.3) is 0 Å². The summed E-state index contributed by atoms with van der Waals surface area (Å²) in [6.07, 6.45) is 1.57. The highest BCUT2D eigenvalue weighted by Crippen LogP contribution is 2.29. The van der Waals surface area contributed by atoms with E-state index >= 15 is 0 Å². The minimum atomic E-state index is 0.247. The summed E-state index contributed by atoms with van der Waals surface area (Å²) in [5, 5.41) is 3.54. The van der Waals surface area contributed by atoms with Gasteiger partial charge in [-0.3, -0.25) is 0 Å². The van der Waals surface area contributed by atoms with E-state index in [1.165, 1.54) is 12.0 Å². The molecule has 0 bridgehead atoms. The van der Waals surface area contributed by atoms with Crippen LogP contribution >= 0.6 is 0 Å². The average Bonchev–Trinajstić information content (AvgIpc) is 2.93. The van der Waals surface area contributed by atoms with Crippen LogP contribution in [0.1, 0.15) is 32.8 Å². The number of benzene rings is 1. The molecule has 2 atom stereocenters. The van der Waals surface area contributed by atoms with Crippen molar-refractivity contribution in [2.24, 2.45) is 5.92 Å². The monoisotopic (exact) mass is 219 g/mol. The molecule has 0 aliphatic heterocycles. The summed E-state index contributed by atoms with van der Waals surface area (Å²) < 4.78 is 5.60. The summed E-state index contributed by atoms with van der Waals surface area (Å²) in [7, 11) is 0. The van der Waals surface area contributed by atoms with E-state index in [0.29, 0.717) is 0 Å². The van der Waals surface area contributed by atoms with Gasteiger partial charge in [-0.05, 0) is 43.9 Å². The first-order chi connectivity index (χ1) is 7.65. The van der Waals surface area contributed by atoms with E-state index in [-0.39, 0.29) is 6.10 Å². The molecule has 0 aromatic heterocycles. The maximum Gasteiger partial charge on any atom is 0.119 e. The fourth-order valence-electron chi connectivity index (χ4n) is 1.81. The minimum Gasteiger partial charge on any atom is -0.491 e. The third kappa shape index (κ3) is 3.24. The highest BCUT2D eigenvalue weighted by atomic mass is 16.5. The molecule has 0 amide bonds. The number of ether oxygens (including phenoxy) is 1. The van der Waals surface area contributed by atoms with E-state index in [2.05, 4.69) is 24.4 Å². The van der Waals surface area contributed by atoms with Crippen LogP contribution in [0.4, 0.5) is 0 Å². The lowest BCUT2D eigenvalue weighted by Gasteiger charge is -2.10. The van der Waals surface area contributed by atoms with Crippen LogP contribution in [0.3, 0.4) is 0 Å². The Morgan fingerprint density at radius 1 is 1.31 bits per heavy atom. The number of hydrogen-bond acceptors (Lipinski definition) is 2. The molecule has 0 radical (unpaired) electrons. The van der Waals surface area contributed by atoms with Gasteiger partial charge < -0.3 is 10.1 Å². The molecule has 1 N–H and O–H groups in total. The highest BCUT2D eigenvalue weighted by molar-refractivity contribution is 5.27. The fourth-order valence-corrected chi connectivity index (χ4v) is 1.81. The van der Waals surface area contributed by atoms with E-state index in [0.717, 1.165) is 24.3 Å². The van der Waals surface area contributed by atoms with E-state index in [9.17, 15) is 0 Å². The van der Waals surface area contributed by atoms with E-state index in [1.54, 1.807) is 0 Å². The molecule has 2 unspecified atom stereocenters. The first kappa shape index (κ1) is 11.5. The Hall–Kier alpha value is -1.02. The fraction of sp³-hybridized carbons (Fsp3) is 0.571. The van der Waals surface area contributed by atoms with Crippen molar-refractivity contribution in [3.05, 3.63) is 29.8 Å². The maximum absolute atomic E-state index is 5.60. The Morgan fingerprint density at radius 2 is 1.94 bits per heavy atom. The quantitative estimate of drug-likeness (QED) is 0.822. The molecular formula is C14H21NO. The third-order valence-electron chi connectivity index (χ3n) is 2.97. The molecule has 1 saturated carbocycles. The van der Waals surface area contributed by atoms with Crippen LogP contribution in [0.2, 0.25) is 0 Å². The predicted molar refractivity (Wildman–Crippen MR) is 66.6 cm³/mol. The Kier molecular flexibility index (Phi) is 3.49. The molecule has 88 valence electrons. The summed E-state index contributed by atoms with van der Waals surface area (Å²) in [6, 6.07) is 9.11. The first-order valence-electron chi connectivity index (χ1n) is 6.14. The van der Waals surface area contributed by atoms with E-state index in [1.807, 2.05) is 26.0 Å². The summed E-state index contributed by atoms with van der Waals surface area (Å²) >= 11 is 0. The number of rotatable bonds is 5. The molecule has 1 fully saturated rings. The van der Waals surface area contributed by atoms with E-state index < -0.39 is 0 Å². The molecule has 1 aliphatic carbocycles. The molecule has 0 spiro atoms. The Balaban J connectivity index is 1.82. The molecule has 1 aliphatic rings. The molecular weight excluding hydrogens is 198 g/mol. The second kappa shape index (κ2) is 4.88. The molecule has 2 nitrogen and oxygen atoms in total. The Labute approximate surface area is 98.0 Å². The van der Waals surface area contributed by atoms with Gasteiger partial charge >= 0.3 is 0 Å². The molecule has 0 saturated heterocycles. The summed E-state index contributed by atoms with van der Waals surface area (Å²) in [5.41, 5.74) is 1.33. The normalized spacial score (nSPS) is 23.5. The van der Waals surface area contributed by atoms with Crippen molar-refractivity contribution in [3.63, 3.8) is 0 Å². The van der Waals surface area contributed by atoms with Gasteiger partial charge in [-0.25, -0.2) is 0 Å². The van der Waals surface area contributed by atoms with Crippen LogP contribution in [0.5, 0.6) is 5.75 Å². The van der Waals surface area contributed by atoms with Gasteiger partial charge in [0, 0.05) is 12.6 Å². The molecule has 16 heavy (non-hydrogen) atoms. The largest absolute Gasteiger partial charge is 0.491 e. The lowest BCUT2D eigenvalue weighted by Crippen LogP contribution is -2.16. The molecule has 1 aromatic carbocycles. The summed E-state index contributed by atoms with van der Waals surface area (Å²) in [6.45, 7) is 7.35. The van der Waals surface area contributed by atoms with E-state index in [4.69, 9.17) is 4.74 Å². The van der Waals surface area contributed by atoms with Gasteiger partial charge in [-0.2, -0.15) is 0 Å². The third-order valence-corrected chi connectivity index (χ3v) is 2.97. The zero-order valence-electron chi connectivity index (χ0n) is 10.4. The molecule has 1 aromatic rings.